The standard InChI is InChI=1S/C17H19N3O2/c1-12-8-9-15(10-16(12)19-13(2)21)20-17(22)18-11-14-6-4-3-5-7-14/h3-10H,11H2,1-2H3,(H,19,21)(H2,18,20,22). The molecule has 114 valence electrons. The van der Waals surface area contributed by atoms with Crippen LogP contribution in [0.5, 0.6) is 0 Å². The van der Waals surface area contributed by atoms with Crippen molar-refractivity contribution in [3.63, 3.8) is 0 Å². The molecule has 0 bridgehead atoms. The van der Waals surface area contributed by atoms with Gasteiger partial charge in [0.25, 0.3) is 0 Å². The van der Waals surface area contributed by atoms with E-state index in [-0.39, 0.29) is 11.9 Å². The summed E-state index contributed by atoms with van der Waals surface area (Å²) in [6, 6.07) is 14.8. The molecule has 0 unspecified atom stereocenters. The molecule has 5 nitrogen and oxygen atoms in total. The Morgan fingerprint density at radius 1 is 1.00 bits per heavy atom. The first-order chi connectivity index (χ1) is 10.5. The van der Waals surface area contributed by atoms with Gasteiger partial charge in [0.05, 0.1) is 0 Å². The molecule has 2 aromatic carbocycles. The summed E-state index contributed by atoms with van der Waals surface area (Å²) in [7, 11) is 0. The van der Waals surface area contributed by atoms with E-state index < -0.39 is 0 Å². The number of urea groups is 1. The van der Waals surface area contributed by atoms with Crippen molar-refractivity contribution >= 4 is 23.3 Å². The Hall–Kier alpha value is -2.82. The van der Waals surface area contributed by atoms with Crippen LogP contribution in [0.15, 0.2) is 48.5 Å². The van der Waals surface area contributed by atoms with Gasteiger partial charge in [0.2, 0.25) is 5.91 Å². The van der Waals surface area contributed by atoms with E-state index in [1.165, 1.54) is 6.92 Å². The van der Waals surface area contributed by atoms with Crippen LogP contribution in [-0.2, 0) is 11.3 Å². The number of aryl methyl sites for hydroxylation is 1. The molecule has 3 N–H and O–H groups in total. The van der Waals surface area contributed by atoms with Gasteiger partial charge in [0, 0.05) is 24.8 Å². The van der Waals surface area contributed by atoms with Gasteiger partial charge in [0.15, 0.2) is 0 Å². The molecule has 0 heterocycles. The van der Waals surface area contributed by atoms with Gasteiger partial charge >= 0.3 is 6.03 Å². The van der Waals surface area contributed by atoms with E-state index >= 15 is 0 Å². The number of hydrogen-bond acceptors (Lipinski definition) is 2. The van der Waals surface area contributed by atoms with Gasteiger partial charge in [0.1, 0.15) is 0 Å². The highest BCUT2D eigenvalue weighted by Crippen LogP contribution is 2.20. The highest BCUT2D eigenvalue weighted by molar-refractivity contribution is 5.93. The van der Waals surface area contributed by atoms with E-state index in [9.17, 15) is 9.59 Å². The van der Waals surface area contributed by atoms with E-state index in [4.69, 9.17) is 0 Å². The van der Waals surface area contributed by atoms with Crippen LogP contribution in [0.3, 0.4) is 0 Å². The Bertz CT molecular complexity index is 669. The number of hydrogen-bond donors (Lipinski definition) is 3. The number of carbonyl (C=O) groups excluding carboxylic acids is 2. The predicted octanol–water partition coefficient (Wildman–Crippen LogP) is 3.28. The molecule has 22 heavy (non-hydrogen) atoms. The predicted molar refractivity (Wildman–Crippen MR) is 87.8 cm³/mol. The minimum atomic E-state index is -0.290. The minimum absolute atomic E-state index is 0.145. The van der Waals surface area contributed by atoms with Gasteiger partial charge in [-0.05, 0) is 30.2 Å². The van der Waals surface area contributed by atoms with Crippen LogP contribution in [0.4, 0.5) is 16.2 Å². The van der Waals surface area contributed by atoms with Crippen molar-refractivity contribution < 1.29 is 9.59 Å². The summed E-state index contributed by atoms with van der Waals surface area (Å²) in [6.45, 7) is 3.80. The fraction of sp³-hybridized carbons (Fsp3) is 0.176. The van der Waals surface area contributed by atoms with E-state index in [0.29, 0.717) is 17.9 Å². The molecule has 5 heteroatoms. The van der Waals surface area contributed by atoms with Gasteiger partial charge in [-0.25, -0.2) is 4.79 Å². The molecule has 0 atom stereocenters. The van der Waals surface area contributed by atoms with Gasteiger partial charge in [-0.3, -0.25) is 4.79 Å². The zero-order chi connectivity index (χ0) is 15.9. The first-order valence-corrected chi connectivity index (χ1v) is 7.01. The first kappa shape index (κ1) is 15.6. The summed E-state index contributed by atoms with van der Waals surface area (Å²) >= 11 is 0. The van der Waals surface area contributed by atoms with Crippen molar-refractivity contribution in [1.82, 2.24) is 5.32 Å². The third-order valence-corrected chi connectivity index (χ3v) is 3.10. The maximum atomic E-state index is 11.9. The second-order valence-corrected chi connectivity index (χ2v) is 5.00. The van der Waals surface area contributed by atoms with E-state index in [2.05, 4.69) is 16.0 Å². The van der Waals surface area contributed by atoms with Crippen LogP contribution < -0.4 is 16.0 Å². The van der Waals surface area contributed by atoms with Crippen LogP contribution in [0.2, 0.25) is 0 Å². The lowest BCUT2D eigenvalue weighted by Crippen LogP contribution is -2.28. The smallest absolute Gasteiger partial charge is 0.319 e. The minimum Gasteiger partial charge on any atom is -0.334 e. The van der Waals surface area contributed by atoms with Crippen molar-refractivity contribution in [2.75, 3.05) is 10.6 Å². The average Bonchev–Trinajstić information content (AvgIpc) is 2.49. The summed E-state index contributed by atoms with van der Waals surface area (Å²) in [4.78, 5) is 23.0. The lowest BCUT2D eigenvalue weighted by atomic mass is 10.2. The van der Waals surface area contributed by atoms with Gasteiger partial charge < -0.3 is 16.0 Å². The fourth-order valence-corrected chi connectivity index (χ4v) is 1.98. The van der Waals surface area contributed by atoms with E-state index in [1.807, 2.05) is 43.3 Å². The molecule has 0 aliphatic rings. The summed E-state index contributed by atoms with van der Waals surface area (Å²) in [6.07, 6.45) is 0. The summed E-state index contributed by atoms with van der Waals surface area (Å²) in [5.41, 5.74) is 3.28. The Morgan fingerprint density at radius 3 is 2.41 bits per heavy atom. The van der Waals surface area contributed by atoms with Gasteiger partial charge in [-0.2, -0.15) is 0 Å². The molecule has 0 aliphatic carbocycles. The molecule has 0 spiro atoms. The first-order valence-electron chi connectivity index (χ1n) is 7.01. The van der Waals surface area contributed by atoms with Crippen LogP contribution in [0.1, 0.15) is 18.1 Å². The maximum Gasteiger partial charge on any atom is 0.319 e. The summed E-state index contributed by atoms with van der Waals surface area (Å²) in [5.74, 6) is -0.145. The highest BCUT2D eigenvalue weighted by atomic mass is 16.2. The van der Waals surface area contributed by atoms with Gasteiger partial charge in [-0.1, -0.05) is 36.4 Å². The largest absolute Gasteiger partial charge is 0.334 e. The Morgan fingerprint density at radius 2 is 1.73 bits per heavy atom. The van der Waals surface area contributed by atoms with E-state index in [0.717, 1.165) is 11.1 Å². The SMILES string of the molecule is CC(=O)Nc1cc(NC(=O)NCc2ccccc2)ccc1C. The molecule has 3 amide bonds. The Kier molecular flexibility index (Phi) is 5.14. The summed E-state index contributed by atoms with van der Waals surface area (Å²) < 4.78 is 0. The molecule has 0 fully saturated rings. The van der Waals surface area contributed by atoms with Crippen molar-refractivity contribution in [1.29, 1.82) is 0 Å². The second-order valence-electron chi connectivity index (χ2n) is 5.00. The van der Waals surface area contributed by atoms with Crippen molar-refractivity contribution in [3.8, 4) is 0 Å². The van der Waals surface area contributed by atoms with Crippen LogP contribution in [0.25, 0.3) is 0 Å². The zero-order valence-electron chi connectivity index (χ0n) is 12.6. The quantitative estimate of drug-likeness (QED) is 0.810. The molecule has 2 rings (SSSR count). The number of carbonyl (C=O) groups is 2. The number of amides is 3. The number of nitrogens with one attached hydrogen (secondary N) is 3. The zero-order valence-corrected chi connectivity index (χ0v) is 12.6. The Balaban J connectivity index is 1.95. The molecule has 0 aliphatic heterocycles. The van der Waals surface area contributed by atoms with Crippen molar-refractivity contribution in [2.24, 2.45) is 0 Å². The molecule has 0 saturated carbocycles. The third kappa shape index (κ3) is 4.63. The third-order valence-electron chi connectivity index (χ3n) is 3.10. The highest BCUT2D eigenvalue weighted by Gasteiger charge is 2.05. The lowest BCUT2D eigenvalue weighted by molar-refractivity contribution is -0.114. The molecular formula is C17H19N3O2. The lowest BCUT2D eigenvalue weighted by Gasteiger charge is -2.11. The molecular weight excluding hydrogens is 278 g/mol. The molecule has 0 radical (unpaired) electrons. The number of benzene rings is 2. The number of rotatable bonds is 4. The average molecular weight is 297 g/mol. The molecule has 2 aromatic rings. The van der Waals surface area contributed by atoms with Crippen LogP contribution >= 0.6 is 0 Å². The normalized spacial score (nSPS) is 9.91. The van der Waals surface area contributed by atoms with Crippen LogP contribution in [0, 0.1) is 6.92 Å². The molecule has 0 aromatic heterocycles. The topological polar surface area (TPSA) is 70.2 Å². The van der Waals surface area contributed by atoms with E-state index in [1.54, 1.807) is 12.1 Å². The maximum absolute atomic E-state index is 11.9. The van der Waals surface area contributed by atoms with Crippen molar-refractivity contribution in [3.05, 3.63) is 59.7 Å². The fourth-order valence-electron chi connectivity index (χ4n) is 1.98. The monoisotopic (exact) mass is 297 g/mol. The van der Waals surface area contributed by atoms with Crippen molar-refractivity contribution in [2.45, 2.75) is 20.4 Å². The Labute approximate surface area is 129 Å². The number of anilines is 2. The summed E-state index contributed by atoms with van der Waals surface area (Å²) in [5, 5.41) is 8.27. The van der Waals surface area contributed by atoms with Gasteiger partial charge in [-0.15, -0.1) is 0 Å². The second kappa shape index (κ2) is 7.26. The van der Waals surface area contributed by atoms with Crippen LogP contribution in [-0.4, -0.2) is 11.9 Å². The molecule has 0 saturated heterocycles.